The summed E-state index contributed by atoms with van der Waals surface area (Å²) in [4.78, 5) is 11.5. The molecule has 1 unspecified atom stereocenters. The standard InChI is InChI=1S/C19H17Cl2NO4S/c1-12-2-6-15(7-3-12)27(25,26)22-11-14(19(23)24)5-9-18(22)13-4-8-16(20)17(21)10-13/h2-8,10,18H,9,11H2,1H3,(H,23,24). The minimum Gasteiger partial charge on any atom is -0.478 e. The van der Waals surface area contributed by atoms with Crippen molar-refractivity contribution in [1.82, 2.24) is 4.31 Å². The first-order chi connectivity index (χ1) is 12.7. The molecule has 0 fully saturated rings. The Balaban J connectivity index is 2.09. The van der Waals surface area contributed by atoms with E-state index in [4.69, 9.17) is 23.2 Å². The quantitative estimate of drug-likeness (QED) is 0.784. The summed E-state index contributed by atoms with van der Waals surface area (Å²) < 4.78 is 27.7. The minimum absolute atomic E-state index is 0.0435. The van der Waals surface area contributed by atoms with E-state index in [9.17, 15) is 18.3 Å². The molecule has 5 nitrogen and oxygen atoms in total. The van der Waals surface area contributed by atoms with Crippen LogP contribution in [0.15, 0.2) is 59.0 Å². The summed E-state index contributed by atoms with van der Waals surface area (Å²) in [6, 6.07) is 10.8. The molecule has 8 heteroatoms. The number of carbonyl (C=O) groups is 1. The van der Waals surface area contributed by atoms with Crippen LogP contribution in [0, 0.1) is 6.92 Å². The third-order valence-electron chi connectivity index (χ3n) is 4.49. The SMILES string of the molecule is Cc1ccc(S(=O)(=O)N2CC(C(=O)O)=CCC2c2ccc(Cl)c(Cl)c2)cc1. The fraction of sp³-hybridized carbons (Fsp3) is 0.211. The van der Waals surface area contributed by atoms with Gasteiger partial charge in [-0.25, -0.2) is 13.2 Å². The first kappa shape index (κ1) is 19.9. The van der Waals surface area contributed by atoms with Crippen LogP contribution in [-0.2, 0) is 14.8 Å². The van der Waals surface area contributed by atoms with Gasteiger partial charge in [0, 0.05) is 12.1 Å². The molecule has 1 heterocycles. The van der Waals surface area contributed by atoms with Crippen molar-refractivity contribution in [3.05, 3.63) is 75.3 Å². The fourth-order valence-electron chi connectivity index (χ4n) is 2.99. The van der Waals surface area contributed by atoms with E-state index in [-0.39, 0.29) is 23.4 Å². The molecular formula is C19H17Cl2NO4S. The van der Waals surface area contributed by atoms with Crippen molar-refractivity contribution in [3.63, 3.8) is 0 Å². The van der Waals surface area contributed by atoms with Gasteiger partial charge in [-0.15, -0.1) is 0 Å². The fourth-order valence-corrected chi connectivity index (χ4v) is 4.90. The molecule has 0 aromatic heterocycles. The Morgan fingerprint density at radius 3 is 2.37 bits per heavy atom. The lowest BCUT2D eigenvalue weighted by Gasteiger charge is -2.34. The number of rotatable bonds is 4. The van der Waals surface area contributed by atoms with Crippen molar-refractivity contribution in [2.24, 2.45) is 0 Å². The monoisotopic (exact) mass is 425 g/mol. The van der Waals surface area contributed by atoms with E-state index < -0.39 is 22.0 Å². The Kier molecular flexibility index (Phi) is 5.63. The lowest BCUT2D eigenvalue weighted by molar-refractivity contribution is -0.133. The van der Waals surface area contributed by atoms with Gasteiger partial charge in [0.1, 0.15) is 0 Å². The van der Waals surface area contributed by atoms with Crippen molar-refractivity contribution < 1.29 is 18.3 Å². The second-order valence-corrected chi connectivity index (χ2v) is 9.03. The van der Waals surface area contributed by atoms with Crippen molar-refractivity contribution >= 4 is 39.2 Å². The molecule has 0 saturated carbocycles. The predicted molar refractivity (Wildman–Crippen MR) is 105 cm³/mol. The van der Waals surface area contributed by atoms with Crippen LogP contribution in [0.1, 0.15) is 23.6 Å². The number of sulfonamides is 1. The van der Waals surface area contributed by atoms with E-state index >= 15 is 0 Å². The smallest absolute Gasteiger partial charge is 0.332 e. The second-order valence-electron chi connectivity index (χ2n) is 6.32. The highest BCUT2D eigenvalue weighted by molar-refractivity contribution is 7.89. The molecule has 2 aromatic carbocycles. The van der Waals surface area contributed by atoms with Crippen LogP contribution in [-0.4, -0.2) is 30.3 Å². The van der Waals surface area contributed by atoms with Gasteiger partial charge in [-0.2, -0.15) is 4.31 Å². The lowest BCUT2D eigenvalue weighted by atomic mass is 9.98. The van der Waals surface area contributed by atoms with Crippen LogP contribution >= 0.6 is 23.2 Å². The van der Waals surface area contributed by atoms with Gasteiger partial charge in [0.15, 0.2) is 0 Å². The zero-order valence-electron chi connectivity index (χ0n) is 14.4. The first-order valence-corrected chi connectivity index (χ1v) is 10.4. The van der Waals surface area contributed by atoms with Crippen LogP contribution in [0.25, 0.3) is 0 Å². The topological polar surface area (TPSA) is 74.7 Å². The maximum atomic E-state index is 13.2. The Hall–Kier alpha value is -1.86. The molecule has 0 saturated heterocycles. The summed E-state index contributed by atoms with van der Waals surface area (Å²) in [5.74, 6) is -1.13. The highest BCUT2D eigenvalue weighted by atomic mass is 35.5. The normalized spacial score (nSPS) is 18.2. The summed E-state index contributed by atoms with van der Waals surface area (Å²) in [5, 5.41) is 10.0. The summed E-state index contributed by atoms with van der Waals surface area (Å²) in [6.07, 6.45) is 1.78. The average Bonchev–Trinajstić information content (AvgIpc) is 2.64. The number of benzene rings is 2. The van der Waals surface area contributed by atoms with E-state index in [2.05, 4.69) is 0 Å². The lowest BCUT2D eigenvalue weighted by Crippen LogP contribution is -2.39. The zero-order valence-corrected chi connectivity index (χ0v) is 16.7. The van der Waals surface area contributed by atoms with Crippen LogP contribution < -0.4 is 0 Å². The Bertz CT molecular complexity index is 1020. The van der Waals surface area contributed by atoms with Gasteiger partial charge in [-0.1, -0.05) is 53.0 Å². The van der Waals surface area contributed by atoms with E-state index in [0.717, 1.165) is 5.56 Å². The largest absolute Gasteiger partial charge is 0.478 e. The van der Waals surface area contributed by atoms with E-state index in [1.165, 1.54) is 16.4 Å². The number of halogens is 2. The van der Waals surface area contributed by atoms with Crippen LogP contribution in [0.4, 0.5) is 0 Å². The molecule has 1 atom stereocenters. The van der Waals surface area contributed by atoms with Gasteiger partial charge >= 0.3 is 5.97 Å². The Labute approximate surface area is 167 Å². The maximum Gasteiger partial charge on any atom is 0.332 e. The maximum absolute atomic E-state index is 13.2. The molecule has 2 aromatic rings. The van der Waals surface area contributed by atoms with Gasteiger partial charge in [-0.05, 0) is 43.2 Å². The van der Waals surface area contributed by atoms with Crippen LogP contribution in [0.3, 0.4) is 0 Å². The number of carboxylic acid groups (broad SMARTS) is 1. The van der Waals surface area contributed by atoms with Crippen molar-refractivity contribution in [2.45, 2.75) is 24.3 Å². The van der Waals surface area contributed by atoms with Crippen LogP contribution in [0.2, 0.25) is 10.0 Å². The summed E-state index contributed by atoms with van der Waals surface area (Å²) >= 11 is 12.1. The van der Waals surface area contributed by atoms with Crippen molar-refractivity contribution in [2.75, 3.05) is 6.54 Å². The molecule has 0 spiro atoms. The third kappa shape index (κ3) is 4.04. The predicted octanol–water partition coefficient (Wildman–Crippen LogP) is 4.45. The Morgan fingerprint density at radius 2 is 1.78 bits per heavy atom. The van der Waals surface area contributed by atoms with Gasteiger partial charge < -0.3 is 5.11 Å². The zero-order chi connectivity index (χ0) is 19.8. The Morgan fingerprint density at radius 1 is 1.11 bits per heavy atom. The highest BCUT2D eigenvalue weighted by Gasteiger charge is 2.36. The number of hydrogen-bond donors (Lipinski definition) is 1. The third-order valence-corrected chi connectivity index (χ3v) is 7.10. The number of nitrogens with zero attached hydrogens (tertiary/aromatic N) is 1. The molecule has 142 valence electrons. The van der Waals surface area contributed by atoms with E-state index in [1.807, 2.05) is 6.92 Å². The summed E-state index contributed by atoms with van der Waals surface area (Å²) in [5.41, 5.74) is 1.63. The van der Waals surface area contributed by atoms with Crippen molar-refractivity contribution in [1.29, 1.82) is 0 Å². The van der Waals surface area contributed by atoms with Crippen LogP contribution in [0.5, 0.6) is 0 Å². The highest BCUT2D eigenvalue weighted by Crippen LogP contribution is 2.37. The van der Waals surface area contributed by atoms with Gasteiger partial charge in [0.25, 0.3) is 0 Å². The molecule has 1 aliphatic rings. The molecule has 0 amide bonds. The van der Waals surface area contributed by atoms with E-state index in [0.29, 0.717) is 15.6 Å². The van der Waals surface area contributed by atoms with Crippen molar-refractivity contribution in [3.8, 4) is 0 Å². The molecule has 1 aliphatic heterocycles. The van der Waals surface area contributed by atoms with E-state index in [1.54, 1.807) is 36.4 Å². The molecule has 1 N–H and O–H groups in total. The first-order valence-electron chi connectivity index (χ1n) is 8.16. The summed E-state index contributed by atoms with van der Waals surface area (Å²) in [6.45, 7) is 1.64. The van der Waals surface area contributed by atoms with Gasteiger partial charge in [-0.3, -0.25) is 0 Å². The molecule has 0 radical (unpaired) electrons. The van der Waals surface area contributed by atoms with Gasteiger partial charge in [0.2, 0.25) is 10.0 Å². The molecule has 0 bridgehead atoms. The molecule has 27 heavy (non-hydrogen) atoms. The molecular weight excluding hydrogens is 409 g/mol. The number of aryl methyl sites for hydroxylation is 1. The number of carboxylic acids is 1. The van der Waals surface area contributed by atoms with Gasteiger partial charge in [0.05, 0.1) is 21.0 Å². The molecule has 3 rings (SSSR count). The number of aliphatic carboxylic acids is 1. The summed E-state index contributed by atoms with van der Waals surface area (Å²) in [7, 11) is -3.91. The average molecular weight is 426 g/mol. The molecule has 0 aliphatic carbocycles. The minimum atomic E-state index is -3.91. The number of hydrogen-bond acceptors (Lipinski definition) is 3. The second kappa shape index (κ2) is 7.64.